The molecule has 0 bridgehead atoms. The fourth-order valence-electron chi connectivity index (χ4n) is 2.88. The number of nitrogens with zero attached hydrogens (tertiary/aromatic N) is 1. The number of alkyl halides is 1. The van der Waals surface area contributed by atoms with Crippen LogP contribution in [0.25, 0.3) is 0 Å². The highest BCUT2D eigenvalue weighted by Crippen LogP contribution is 2.29. The first-order valence-electron chi connectivity index (χ1n) is 8.50. The maximum atomic E-state index is 15.0. The molecule has 1 aromatic carbocycles. The molecule has 130 valence electrons. The van der Waals surface area contributed by atoms with E-state index in [-0.39, 0.29) is 25.5 Å². The molecule has 2 aliphatic rings. The lowest BCUT2D eigenvalue weighted by molar-refractivity contribution is -0.144. The Balaban J connectivity index is 1.51. The molecule has 1 heterocycles. The third-order valence-electron chi connectivity index (χ3n) is 4.56. The van der Waals surface area contributed by atoms with Crippen molar-refractivity contribution in [2.75, 3.05) is 26.2 Å². The summed E-state index contributed by atoms with van der Waals surface area (Å²) in [4.78, 5) is 25.8. The fraction of sp³-hybridized carbons (Fsp3) is 0.556. The van der Waals surface area contributed by atoms with Crippen LogP contribution in [0.4, 0.5) is 4.39 Å². The van der Waals surface area contributed by atoms with Crippen LogP contribution in [0, 0.1) is 5.92 Å². The normalized spacial score (nSPS) is 23.6. The number of carbonyl (C=O) groups excluding carboxylic acids is 2. The number of hydrogen-bond donors (Lipinski definition) is 1. The number of amides is 2. The maximum Gasteiger partial charge on any atom is 0.260 e. The van der Waals surface area contributed by atoms with Crippen molar-refractivity contribution >= 4 is 11.8 Å². The van der Waals surface area contributed by atoms with Crippen molar-refractivity contribution < 1.29 is 18.7 Å². The minimum atomic E-state index is -1.99. The molecule has 1 atom stereocenters. The first-order valence-corrected chi connectivity index (χ1v) is 8.50. The standard InChI is InChI=1S/C18H23FN2O3/c19-18(17(23)20-11-14-7-8-14)9-4-10-21(13-18)16(22)12-24-15-5-2-1-3-6-15/h1-3,5-6,14H,4,7-13H2,(H,20,23). The Hall–Kier alpha value is -2.11. The van der Waals surface area contributed by atoms with Crippen LogP contribution in [0.15, 0.2) is 30.3 Å². The largest absolute Gasteiger partial charge is 0.484 e. The highest BCUT2D eigenvalue weighted by molar-refractivity contribution is 5.87. The van der Waals surface area contributed by atoms with Gasteiger partial charge in [-0.15, -0.1) is 0 Å². The molecule has 6 heteroatoms. The van der Waals surface area contributed by atoms with Gasteiger partial charge in [0.2, 0.25) is 5.67 Å². The summed E-state index contributed by atoms with van der Waals surface area (Å²) >= 11 is 0. The summed E-state index contributed by atoms with van der Waals surface area (Å²) in [6.07, 6.45) is 2.83. The Labute approximate surface area is 141 Å². The molecule has 1 aliphatic carbocycles. The van der Waals surface area contributed by atoms with Gasteiger partial charge in [-0.05, 0) is 43.7 Å². The summed E-state index contributed by atoms with van der Waals surface area (Å²) in [5.41, 5.74) is -1.99. The number of rotatable bonds is 6. The molecule has 0 aromatic heterocycles. The minimum absolute atomic E-state index is 0.149. The quantitative estimate of drug-likeness (QED) is 0.865. The molecule has 1 N–H and O–H groups in total. The van der Waals surface area contributed by atoms with Gasteiger partial charge in [0.05, 0.1) is 6.54 Å². The number of piperidine rings is 1. The summed E-state index contributed by atoms with van der Waals surface area (Å²) in [5, 5.41) is 2.69. The van der Waals surface area contributed by atoms with Gasteiger partial charge in [-0.1, -0.05) is 18.2 Å². The van der Waals surface area contributed by atoms with Gasteiger partial charge in [0.25, 0.3) is 11.8 Å². The molecule has 0 spiro atoms. The molecule has 0 radical (unpaired) electrons. The number of carbonyl (C=O) groups is 2. The van der Waals surface area contributed by atoms with Gasteiger partial charge in [-0.2, -0.15) is 0 Å². The molecule has 1 aromatic rings. The molecule has 1 saturated carbocycles. The van der Waals surface area contributed by atoms with Crippen molar-refractivity contribution in [1.29, 1.82) is 0 Å². The van der Waals surface area contributed by atoms with Crippen molar-refractivity contribution in [3.05, 3.63) is 30.3 Å². The van der Waals surface area contributed by atoms with E-state index in [1.165, 1.54) is 4.90 Å². The van der Waals surface area contributed by atoms with Crippen LogP contribution in [0.1, 0.15) is 25.7 Å². The van der Waals surface area contributed by atoms with Crippen LogP contribution in [-0.2, 0) is 9.59 Å². The van der Waals surface area contributed by atoms with Crippen LogP contribution < -0.4 is 10.1 Å². The minimum Gasteiger partial charge on any atom is -0.484 e. The lowest BCUT2D eigenvalue weighted by Crippen LogP contribution is -2.56. The number of benzene rings is 1. The molecule has 2 amide bonds. The van der Waals surface area contributed by atoms with Crippen molar-refractivity contribution in [3.8, 4) is 5.75 Å². The Morgan fingerprint density at radius 1 is 1.29 bits per heavy atom. The van der Waals surface area contributed by atoms with Gasteiger partial charge >= 0.3 is 0 Å². The van der Waals surface area contributed by atoms with E-state index in [4.69, 9.17) is 4.74 Å². The Morgan fingerprint density at radius 3 is 2.75 bits per heavy atom. The number of para-hydroxylation sites is 1. The van der Waals surface area contributed by atoms with Gasteiger partial charge in [0.1, 0.15) is 5.75 Å². The van der Waals surface area contributed by atoms with E-state index in [0.717, 1.165) is 12.8 Å². The van der Waals surface area contributed by atoms with E-state index in [1.54, 1.807) is 12.1 Å². The predicted molar refractivity (Wildman–Crippen MR) is 87.3 cm³/mol. The van der Waals surface area contributed by atoms with Crippen LogP contribution in [-0.4, -0.2) is 48.6 Å². The number of ether oxygens (including phenoxy) is 1. The van der Waals surface area contributed by atoms with Crippen LogP contribution >= 0.6 is 0 Å². The molecule has 5 nitrogen and oxygen atoms in total. The van der Waals surface area contributed by atoms with E-state index in [0.29, 0.717) is 31.2 Å². The lowest BCUT2D eigenvalue weighted by Gasteiger charge is -2.36. The summed E-state index contributed by atoms with van der Waals surface area (Å²) in [5.74, 6) is 0.209. The van der Waals surface area contributed by atoms with Crippen molar-refractivity contribution in [2.45, 2.75) is 31.4 Å². The highest BCUT2D eigenvalue weighted by atomic mass is 19.1. The summed E-state index contributed by atoms with van der Waals surface area (Å²) in [7, 11) is 0. The second-order valence-electron chi connectivity index (χ2n) is 6.64. The number of nitrogens with one attached hydrogen (secondary N) is 1. The molecule has 1 aliphatic heterocycles. The van der Waals surface area contributed by atoms with Gasteiger partial charge < -0.3 is 15.0 Å². The average Bonchev–Trinajstić information content (AvgIpc) is 3.43. The topological polar surface area (TPSA) is 58.6 Å². The first kappa shape index (κ1) is 16.7. The highest BCUT2D eigenvalue weighted by Gasteiger charge is 2.44. The lowest BCUT2D eigenvalue weighted by atomic mass is 9.93. The second-order valence-corrected chi connectivity index (χ2v) is 6.64. The molecular formula is C18H23FN2O3. The zero-order valence-corrected chi connectivity index (χ0v) is 13.7. The van der Waals surface area contributed by atoms with E-state index < -0.39 is 11.6 Å². The van der Waals surface area contributed by atoms with Crippen molar-refractivity contribution in [3.63, 3.8) is 0 Å². The van der Waals surface area contributed by atoms with Crippen LogP contribution in [0.5, 0.6) is 5.75 Å². The van der Waals surface area contributed by atoms with Crippen LogP contribution in [0.2, 0.25) is 0 Å². The third kappa shape index (κ3) is 4.24. The molecule has 1 saturated heterocycles. The number of hydrogen-bond acceptors (Lipinski definition) is 3. The Kier molecular flexibility index (Phi) is 5.02. The van der Waals surface area contributed by atoms with E-state index in [1.807, 2.05) is 18.2 Å². The van der Waals surface area contributed by atoms with E-state index in [2.05, 4.69) is 5.32 Å². The van der Waals surface area contributed by atoms with Gasteiger partial charge in [0.15, 0.2) is 6.61 Å². The summed E-state index contributed by atoms with van der Waals surface area (Å²) in [6.45, 7) is 0.651. The van der Waals surface area contributed by atoms with Crippen molar-refractivity contribution in [1.82, 2.24) is 10.2 Å². The molecule has 24 heavy (non-hydrogen) atoms. The number of likely N-dealkylation sites (tertiary alicyclic amines) is 1. The maximum absolute atomic E-state index is 15.0. The first-order chi connectivity index (χ1) is 11.6. The third-order valence-corrected chi connectivity index (χ3v) is 4.56. The average molecular weight is 334 g/mol. The summed E-state index contributed by atoms with van der Waals surface area (Å²) in [6, 6.07) is 9.01. The van der Waals surface area contributed by atoms with Gasteiger partial charge in [-0.3, -0.25) is 9.59 Å². The fourth-order valence-corrected chi connectivity index (χ4v) is 2.88. The zero-order chi connectivity index (χ0) is 17.0. The van der Waals surface area contributed by atoms with Gasteiger partial charge in [0, 0.05) is 13.1 Å². The number of halogens is 1. The van der Waals surface area contributed by atoms with E-state index in [9.17, 15) is 14.0 Å². The SMILES string of the molecule is O=C(COc1ccccc1)N1CCCC(F)(C(=O)NCC2CC2)C1. The van der Waals surface area contributed by atoms with Crippen LogP contribution in [0.3, 0.4) is 0 Å². The Morgan fingerprint density at radius 2 is 2.04 bits per heavy atom. The smallest absolute Gasteiger partial charge is 0.260 e. The second kappa shape index (κ2) is 7.20. The van der Waals surface area contributed by atoms with E-state index >= 15 is 0 Å². The molecule has 3 rings (SSSR count). The molecule has 1 unspecified atom stereocenters. The van der Waals surface area contributed by atoms with Crippen molar-refractivity contribution in [2.24, 2.45) is 5.92 Å². The monoisotopic (exact) mass is 334 g/mol. The molecular weight excluding hydrogens is 311 g/mol. The Bertz CT molecular complexity index is 591. The predicted octanol–water partition coefficient (Wildman–Crippen LogP) is 1.92. The molecule has 2 fully saturated rings. The summed E-state index contributed by atoms with van der Waals surface area (Å²) < 4.78 is 20.4. The zero-order valence-electron chi connectivity index (χ0n) is 13.7. The van der Waals surface area contributed by atoms with Gasteiger partial charge in [-0.25, -0.2) is 4.39 Å².